The van der Waals surface area contributed by atoms with Gasteiger partial charge >= 0.3 is 0 Å². The lowest BCUT2D eigenvalue weighted by Crippen LogP contribution is -2.25. The van der Waals surface area contributed by atoms with E-state index in [4.69, 9.17) is 11.6 Å². The molecule has 0 saturated heterocycles. The van der Waals surface area contributed by atoms with Crippen molar-refractivity contribution in [2.75, 3.05) is 6.54 Å². The fraction of sp³-hybridized carbons (Fsp3) is 0.455. The average molecular weight is 306 g/mol. The minimum absolute atomic E-state index is 0.154. The summed E-state index contributed by atoms with van der Waals surface area (Å²) in [6.07, 6.45) is 3.46. The summed E-state index contributed by atoms with van der Waals surface area (Å²) in [6.45, 7) is 2.75. The second kappa shape index (κ2) is 6.86. The Bertz CT molecular complexity index is 340. The number of carbonyl (C=O) groups excluding carboxylic acids is 1. The Hall–Kier alpha value is -0.610. The van der Waals surface area contributed by atoms with Gasteiger partial charge in [0.1, 0.15) is 5.69 Å². The van der Waals surface area contributed by atoms with E-state index >= 15 is 0 Å². The maximum atomic E-state index is 11.6. The number of hydrogen-bond acceptors (Lipinski definition) is 2. The Morgan fingerprint density at radius 1 is 1.62 bits per heavy atom. The number of pyridine rings is 1. The molecule has 0 aliphatic rings. The zero-order chi connectivity index (χ0) is 12.0. The van der Waals surface area contributed by atoms with E-state index < -0.39 is 0 Å². The topological polar surface area (TPSA) is 42.0 Å². The van der Waals surface area contributed by atoms with Crippen molar-refractivity contribution in [2.24, 2.45) is 0 Å². The standard InChI is InChI=1S/C11H14BrClN2O/c1-8(12)3-2-6-14-11(16)10-5-4-9(13)7-15-10/h4-5,7-8H,2-3,6H2,1H3,(H,14,16). The minimum Gasteiger partial charge on any atom is -0.351 e. The number of nitrogens with zero attached hydrogens (tertiary/aromatic N) is 1. The fourth-order valence-corrected chi connectivity index (χ4v) is 1.62. The van der Waals surface area contributed by atoms with Gasteiger partial charge in [-0.25, -0.2) is 4.98 Å². The van der Waals surface area contributed by atoms with E-state index in [0.717, 1.165) is 12.8 Å². The summed E-state index contributed by atoms with van der Waals surface area (Å²) in [7, 11) is 0. The summed E-state index contributed by atoms with van der Waals surface area (Å²) < 4.78 is 0. The van der Waals surface area contributed by atoms with Gasteiger partial charge in [-0.15, -0.1) is 0 Å². The van der Waals surface area contributed by atoms with Crippen LogP contribution in [-0.4, -0.2) is 22.3 Å². The van der Waals surface area contributed by atoms with E-state index in [1.54, 1.807) is 12.1 Å². The molecule has 1 N–H and O–H groups in total. The monoisotopic (exact) mass is 304 g/mol. The van der Waals surface area contributed by atoms with Gasteiger partial charge in [-0.3, -0.25) is 4.79 Å². The molecule has 3 nitrogen and oxygen atoms in total. The molecule has 88 valence electrons. The highest BCUT2D eigenvalue weighted by atomic mass is 79.9. The molecule has 1 heterocycles. The SMILES string of the molecule is CC(Br)CCCNC(=O)c1ccc(Cl)cn1. The zero-order valence-corrected chi connectivity index (χ0v) is 11.4. The molecule has 1 rings (SSSR count). The molecule has 0 saturated carbocycles. The van der Waals surface area contributed by atoms with Crippen LogP contribution >= 0.6 is 27.5 Å². The number of alkyl halides is 1. The molecule has 5 heteroatoms. The van der Waals surface area contributed by atoms with E-state index in [2.05, 4.69) is 33.2 Å². The molecule has 0 aliphatic carbocycles. The van der Waals surface area contributed by atoms with Gasteiger partial charge in [-0.05, 0) is 25.0 Å². The van der Waals surface area contributed by atoms with E-state index in [-0.39, 0.29) is 5.91 Å². The van der Waals surface area contributed by atoms with Crippen LogP contribution in [0.25, 0.3) is 0 Å². The molecular weight excluding hydrogens is 291 g/mol. The molecule has 1 atom stereocenters. The summed E-state index contributed by atoms with van der Waals surface area (Å²) in [5.41, 5.74) is 0.399. The average Bonchev–Trinajstić information content (AvgIpc) is 2.25. The highest BCUT2D eigenvalue weighted by Gasteiger charge is 2.05. The first kappa shape index (κ1) is 13.5. The molecule has 0 spiro atoms. The first-order chi connectivity index (χ1) is 7.59. The van der Waals surface area contributed by atoms with Crippen LogP contribution in [-0.2, 0) is 0 Å². The van der Waals surface area contributed by atoms with Gasteiger partial charge in [0, 0.05) is 17.6 Å². The third kappa shape index (κ3) is 4.94. The van der Waals surface area contributed by atoms with Gasteiger partial charge in [0.25, 0.3) is 5.91 Å². The van der Waals surface area contributed by atoms with E-state index in [0.29, 0.717) is 22.1 Å². The number of carbonyl (C=O) groups is 1. The smallest absolute Gasteiger partial charge is 0.269 e. The summed E-state index contributed by atoms with van der Waals surface area (Å²) in [5.74, 6) is -0.154. The lowest BCUT2D eigenvalue weighted by Gasteiger charge is -2.05. The summed E-state index contributed by atoms with van der Waals surface area (Å²) >= 11 is 9.13. The number of hydrogen-bond donors (Lipinski definition) is 1. The summed E-state index contributed by atoms with van der Waals surface area (Å²) in [4.78, 5) is 16.0. The predicted octanol–water partition coefficient (Wildman–Crippen LogP) is 3.03. The predicted molar refractivity (Wildman–Crippen MR) is 69.2 cm³/mol. The highest BCUT2D eigenvalue weighted by Crippen LogP contribution is 2.07. The third-order valence-electron chi connectivity index (χ3n) is 2.02. The van der Waals surface area contributed by atoms with E-state index in [1.807, 2.05) is 0 Å². The molecular formula is C11H14BrClN2O. The number of rotatable bonds is 5. The van der Waals surface area contributed by atoms with Crippen molar-refractivity contribution >= 4 is 33.4 Å². The van der Waals surface area contributed by atoms with Crippen LogP contribution in [0, 0.1) is 0 Å². The lowest BCUT2D eigenvalue weighted by atomic mass is 10.2. The van der Waals surface area contributed by atoms with Gasteiger partial charge in [-0.2, -0.15) is 0 Å². The maximum Gasteiger partial charge on any atom is 0.269 e. The van der Waals surface area contributed by atoms with Crippen LogP contribution in [0.5, 0.6) is 0 Å². The first-order valence-corrected chi connectivity index (χ1v) is 6.43. The number of nitrogens with one attached hydrogen (secondary N) is 1. The van der Waals surface area contributed by atoms with Crippen LogP contribution < -0.4 is 5.32 Å². The summed E-state index contributed by atoms with van der Waals surface area (Å²) in [5, 5.41) is 3.34. The van der Waals surface area contributed by atoms with Crippen LogP contribution in [0.3, 0.4) is 0 Å². The van der Waals surface area contributed by atoms with Crippen molar-refractivity contribution in [1.29, 1.82) is 0 Å². The second-order valence-corrected chi connectivity index (χ2v) is 5.54. The van der Waals surface area contributed by atoms with Gasteiger partial charge in [0.15, 0.2) is 0 Å². The largest absolute Gasteiger partial charge is 0.351 e. The fourth-order valence-electron chi connectivity index (χ4n) is 1.19. The Labute approximate surface area is 109 Å². The Morgan fingerprint density at radius 3 is 2.94 bits per heavy atom. The quantitative estimate of drug-likeness (QED) is 0.671. The second-order valence-electron chi connectivity index (χ2n) is 3.54. The molecule has 1 unspecified atom stereocenters. The van der Waals surface area contributed by atoms with E-state index in [9.17, 15) is 4.79 Å². The molecule has 0 aromatic carbocycles. The number of aromatic nitrogens is 1. The molecule has 1 amide bonds. The van der Waals surface area contributed by atoms with Gasteiger partial charge in [0.2, 0.25) is 0 Å². The number of amides is 1. The minimum atomic E-state index is -0.154. The Kier molecular flexibility index (Phi) is 5.77. The van der Waals surface area contributed by atoms with Crippen molar-refractivity contribution in [3.63, 3.8) is 0 Å². The maximum absolute atomic E-state index is 11.6. The molecule has 0 fully saturated rings. The molecule has 0 bridgehead atoms. The molecule has 1 aromatic rings. The normalized spacial score (nSPS) is 12.2. The first-order valence-electron chi connectivity index (χ1n) is 5.13. The van der Waals surface area contributed by atoms with Crippen molar-refractivity contribution < 1.29 is 4.79 Å². The number of halogens is 2. The van der Waals surface area contributed by atoms with Crippen LogP contribution in [0.1, 0.15) is 30.3 Å². The van der Waals surface area contributed by atoms with Gasteiger partial charge in [-0.1, -0.05) is 34.5 Å². The highest BCUT2D eigenvalue weighted by molar-refractivity contribution is 9.09. The van der Waals surface area contributed by atoms with Crippen LogP contribution in [0.15, 0.2) is 18.3 Å². The van der Waals surface area contributed by atoms with Crippen molar-refractivity contribution in [2.45, 2.75) is 24.6 Å². The molecule has 1 aromatic heterocycles. The molecule has 0 radical (unpaired) electrons. The van der Waals surface area contributed by atoms with Crippen molar-refractivity contribution in [3.05, 3.63) is 29.0 Å². The molecule has 0 aliphatic heterocycles. The van der Waals surface area contributed by atoms with Gasteiger partial charge in [0.05, 0.1) is 5.02 Å². The van der Waals surface area contributed by atoms with Crippen LogP contribution in [0.4, 0.5) is 0 Å². The van der Waals surface area contributed by atoms with Crippen molar-refractivity contribution in [3.8, 4) is 0 Å². The summed E-state index contributed by atoms with van der Waals surface area (Å²) in [6, 6.07) is 3.27. The van der Waals surface area contributed by atoms with Crippen LogP contribution in [0.2, 0.25) is 5.02 Å². The molecule has 16 heavy (non-hydrogen) atoms. The Balaban J connectivity index is 2.32. The Morgan fingerprint density at radius 2 is 2.38 bits per heavy atom. The van der Waals surface area contributed by atoms with Crippen molar-refractivity contribution in [1.82, 2.24) is 10.3 Å². The lowest BCUT2D eigenvalue weighted by molar-refractivity contribution is 0.0948. The zero-order valence-electron chi connectivity index (χ0n) is 9.04. The van der Waals surface area contributed by atoms with E-state index in [1.165, 1.54) is 6.20 Å². The van der Waals surface area contributed by atoms with Gasteiger partial charge < -0.3 is 5.32 Å². The third-order valence-corrected chi connectivity index (χ3v) is 2.71.